The van der Waals surface area contributed by atoms with Crippen LogP contribution in [-0.2, 0) is 11.3 Å². The molecule has 18 heavy (non-hydrogen) atoms. The number of anilines is 2. The number of hydrogen-bond acceptors (Lipinski definition) is 3. The van der Waals surface area contributed by atoms with E-state index in [9.17, 15) is 4.79 Å². The second-order valence-electron chi connectivity index (χ2n) is 4.10. The van der Waals surface area contributed by atoms with Crippen LogP contribution in [0.15, 0.2) is 30.6 Å². The predicted molar refractivity (Wildman–Crippen MR) is 71.4 cm³/mol. The summed E-state index contributed by atoms with van der Waals surface area (Å²) in [5.41, 5.74) is 2.81. The fourth-order valence-electron chi connectivity index (χ4n) is 1.64. The summed E-state index contributed by atoms with van der Waals surface area (Å²) in [5, 5.41) is 6.05. The lowest BCUT2D eigenvalue weighted by atomic mass is 10.1. The zero-order valence-corrected chi connectivity index (χ0v) is 10.4. The Morgan fingerprint density at radius 2 is 2.28 bits per heavy atom. The van der Waals surface area contributed by atoms with Crippen molar-refractivity contribution >= 4 is 17.3 Å². The van der Waals surface area contributed by atoms with Gasteiger partial charge in [-0.25, -0.2) is 4.98 Å². The zero-order chi connectivity index (χ0) is 13.0. The molecule has 0 aliphatic heterocycles. The van der Waals surface area contributed by atoms with Crippen LogP contribution in [0.5, 0.6) is 0 Å². The van der Waals surface area contributed by atoms with Crippen LogP contribution in [0.3, 0.4) is 0 Å². The lowest BCUT2D eigenvalue weighted by Crippen LogP contribution is -2.08. The monoisotopic (exact) mass is 244 g/mol. The third-order valence-corrected chi connectivity index (χ3v) is 2.56. The molecule has 1 aromatic heterocycles. The van der Waals surface area contributed by atoms with E-state index in [-0.39, 0.29) is 5.91 Å². The third kappa shape index (κ3) is 3.10. The average molecular weight is 244 g/mol. The number of imidazole rings is 1. The first-order chi connectivity index (χ1) is 8.65. The van der Waals surface area contributed by atoms with Crippen LogP contribution in [0, 0.1) is 6.92 Å². The number of carbonyl (C=O) groups excluding carboxylic acids is 1. The Morgan fingerprint density at radius 3 is 2.94 bits per heavy atom. The maximum absolute atomic E-state index is 11.1. The number of nitrogens with one attached hydrogen (secondary N) is 3. The van der Waals surface area contributed by atoms with Gasteiger partial charge in [-0.05, 0) is 24.6 Å². The number of aromatic amines is 1. The molecule has 0 bridgehead atoms. The van der Waals surface area contributed by atoms with Crippen LogP contribution < -0.4 is 10.6 Å². The SMILES string of the molecule is CC(=O)Nc1cc(NCc2ncc[nH]2)ccc1C. The van der Waals surface area contributed by atoms with Gasteiger partial charge in [0.05, 0.1) is 6.54 Å². The van der Waals surface area contributed by atoms with E-state index in [4.69, 9.17) is 0 Å². The highest BCUT2D eigenvalue weighted by Crippen LogP contribution is 2.20. The van der Waals surface area contributed by atoms with Gasteiger partial charge in [-0.3, -0.25) is 4.79 Å². The molecule has 3 N–H and O–H groups in total. The molecule has 0 radical (unpaired) electrons. The molecule has 5 heteroatoms. The number of nitrogens with zero attached hydrogens (tertiary/aromatic N) is 1. The largest absolute Gasteiger partial charge is 0.378 e. The summed E-state index contributed by atoms with van der Waals surface area (Å²) in [6.45, 7) is 4.08. The number of hydrogen-bond donors (Lipinski definition) is 3. The summed E-state index contributed by atoms with van der Waals surface area (Å²) in [7, 11) is 0. The highest BCUT2D eigenvalue weighted by molar-refractivity contribution is 5.90. The Balaban J connectivity index is 2.06. The summed E-state index contributed by atoms with van der Waals surface area (Å²) < 4.78 is 0. The van der Waals surface area contributed by atoms with Crippen molar-refractivity contribution in [2.24, 2.45) is 0 Å². The fourth-order valence-corrected chi connectivity index (χ4v) is 1.64. The highest BCUT2D eigenvalue weighted by atomic mass is 16.1. The van der Waals surface area contributed by atoms with E-state index in [0.29, 0.717) is 6.54 Å². The number of amides is 1. The van der Waals surface area contributed by atoms with E-state index < -0.39 is 0 Å². The van der Waals surface area contributed by atoms with Crippen LogP contribution >= 0.6 is 0 Å². The van der Waals surface area contributed by atoms with E-state index in [1.165, 1.54) is 6.92 Å². The molecule has 0 atom stereocenters. The van der Waals surface area contributed by atoms with Crippen molar-refractivity contribution in [3.8, 4) is 0 Å². The first-order valence-corrected chi connectivity index (χ1v) is 5.75. The van der Waals surface area contributed by atoms with Crippen molar-refractivity contribution in [3.05, 3.63) is 42.0 Å². The third-order valence-electron chi connectivity index (χ3n) is 2.56. The maximum Gasteiger partial charge on any atom is 0.221 e. The molecule has 1 amide bonds. The number of rotatable bonds is 4. The van der Waals surface area contributed by atoms with E-state index in [1.54, 1.807) is 12.4 Å². The smallest absolute Gasteiger partial charge is 0.221 e. The van der Waals surface area contributed by atoms with Gasteiger partial charge in [0.1, 0.15) is 5.82 Å². The Kier molecular flexibility index (Phi) is 3.62. The van der Waals surface area contributed by atoms with Crippen molar-refractivity contribution < 1.29 is 4.79 Å². The maximum atomic E-state index is 11.1. The number of benzene rings is 1. The minimum atomic E-state index is -0.0683. The van der Waals surface area contributed by atoms with E-state index >= 15 is 0 Å². The molecule has 5 nitrogen and oxygen atoms in total. The van der Waals surface area contributed by atoms with Gasteiger partial charge in [-0.1, -0.05) is 6.07 Å². The molecule has 0 saturated heterocycles. The minimum absolute atomic E-state index is 0.0683. The molecule has 1 aromatic carbocycles. The molecular formula is C13H16N4O. The van der Waals surface area contributed by atoms with Crippen LogP contribution in [0.4, 0.5) is 11.4 Å². The second-order valence-corrected chi connectivity index (χ2v) is 4.10. The van der Waals surface area contributed by atoms with Gasteiger partial charge in [0.25, 0.3) is 0 Å². The topological polar surface area (TPSA) is 69.8 Å². The summed E-state index contributed by atoms with van der Waals surface area (Å²) in [6.07, 6.45) is 3.50. The molecule has 0 spiro atoms. The number of H-pyrrole nitrogens is 1. The minimum Gasteiger partial charge on any atom is -0.378 e. The van der Waals surface area contributed by atoms with Crippen LogP contribution in [0.2, 0.25) is 0 Å². The summed E-state index contributed by atoms with van der Waals surface area (Å²) in [4.78, 5) is 18.2. The first-order valence-electron chi connectivity index (χ1n) is 5.75. The highest BCUT2D eigenvalue weighted by Gasteiger charge is 2.02. The normalized spacial score (nSPS) is 10.1. The predicted octanol–water partition coefficient (Wildman–Crippen LogP) is 2.29. The van der Waals surface area contributed by atoms with Gasteiger partial charge in [0, 0.05) is 30.7 Å². The molecule has 2 rings (SSSR count). The molecule has 0 aliphatic carbocycles. The van der Waals surface area contributed by atoms with Gasteiger partial charge in [0.15, 0.2) is 0 Å². The van der Waals surface area contributed by atoms with Gasteiger partial charge in [-0.15, -0.1) is 0 Å². The Labute approximate surface area is 106 Å². The fraction of sp³-hybridized carbons (Fsp3) is 0.231. The molecule has 2 aromatic rings. The Morgan fingerprint density at radius 1 is 1.44 bits per heavy atom. The lowest BCUT2D eigenvalue weighted by molar-refractivity contribution is -0.114. The number of aromatic nitrogens is 2. The van der Waals surface area contributed by atoms with Crippen LogP contribution in [0.25, 0.3) is 0 Å². The van der Waals surface area contributed by atoms with Crippen LogP contribution in [0.1, 0.15) is 18.3 Å². The Hall–Kier alpha value is -2.30. The molecule has 0 unspecified atom stereocenters. The van der Waals surface area contributed by atoms with E-state index in [2.05, 4.69) is 20.6 Å². The molecule has 94 valence electrons. The van der Waals surface area contributed by atoms with Crippen molar-refractivity contribution in [2.75, 3.05) is 10.6 Å². The lowest BCUT2D eigenvalue weighted by Gasteiger charge is -2.10. The summed E-state index contributed by atoms with van der Waals surface area (Å²) >= 11 is 0. The molecule has 0 fully saturated rings. The van der Waals surface area contributed by atoms with Crippen molar-refractivity contribution in [3.63, 3.8) is 0 Å². The van der Waals surface area contributed by atoms with Gasteiger partial charge < -0.3 is 15.6 Å². The Bertz CT molecular complexity index is 534. The van der Waals surface area contributed by atoms with E-state index in [0.717, 1.165) is 22.8 Å². The molecular weight excluding hydrogens is 228 g/mol. The average Bonchev–Trinajstić information content (AvgIpc) is 2.82. The van der Waals surface area contributed by atoms with Crippen LogP contribution in [-0.4, -0.2) is 15.9 Å². The van der Waals surface area contributed by atoms with Gasteiger partial charge >= 0.3 is 0 Å². The summed E-state index contributed by atoms with van der Waals surface area (Å²) in [6, 6.07) is 5.86. The van der Waals surface area contributed by atoms with Gasteiger partial charge in [0.2, 0.25) is 5.91 Å². The second kappa shape index (κ2) is 5.35. The van der Waals surface area contributed by atoms with E-state index in [1.807, 2.05) is 25.1 Å². The van der Waals surface area contributed by atoms with Crippen molar-refractivity contribution in [2.45, 2.75) is 20.4 Å². The molecule has 0 saturated carbocycles. The first kappa shape index (κ1) is 12.2. The molecule has 1 heterocycles. The number of aryl methyl sites for hydroxylation is 1. The van der Waals surface area contributed by atoms with Crippen molar-refractivity contribution in [1.82, 2.24) is 9.97 Å². The zero-order valence-electron chi connectivity index (χ0n) is 10.4. The standard InChI is InChI=1S/C13H16N4O/c1-9-3-4-11(7-12(9)17-10(2)18)16-8-13-14-5-6-15-13/h3-7,16H,8H2,1-2H3,(H,14,15)(H,17,18). The van der Waals surface area contributed by atoms with Crippen molar-refractivity contribution in [1.29, 1.82) is 0 Å². The number of carbonyl (C=O) groups is 1. The van der Waals surface area contributed by atoms with Gasteiger partial charge in [-0.2, -0.15) is 0 Å². The molecule has 0 aliphatic rings. The summed E-state index contributed by atoms with van der Waals surface area (Å²) in [5.74, 6) is 0.804. The quantitative estimate of drug-likeness (QED) is 0.772.